The fourth-order valence-corrected chi connectivity index (χ4v) is 3.42. The number of nitrogens with two attached hydrogens (primary N) is 2. The molecule has 0 bridgehead atoms. The van der Waals surface area contributed by atoms with Crippen molar-refractivity contribution in [3.63, 3.8) is 0 Å². The van der Waals surface area contributed by atoms with E-state index >= 15 is 0 Å². The lowest BCUT2D eigenvalue weighted by molar-refractivity contribution is -0.135. The van der Waals surface area contributed by atoms with Crippen molar-refractivity contribution in [2.75, 3.05) is 19.6 Å². The van der Waals surface area contributed by atoms with Gasteiger partial charge in [0.25, 0.3) is 0 Å². The smallest absolute Gasteiger partial charge is 0.223 e. The van der Waals surface area contributed by atoms with E-state index in [0.29, 0.717) is 13.0 Å². The highest BCUT2D eigenvalue weighted by Gasteiger charge is 2.35. The van der Waals surface area contributed by atoms with Crippen LogP contribution in [0.4, 0.5) is 0 Å². The van der Waals surface area contributed by atoms with Crippen LogP contribution in [0.2, 0.25) is 0 Å². The first kappa shape index (κ1) is 13.8. The van der Waals surface area contributed by atoms with Gasteiger partial charge in [-0.3, -0.25) is 4.79 Å². The molecule has 2 rings (SSSR count). The Labute approximate surface area is 110 Å². The lowest BCUT2D eigenvalue weighted by Crippen LogP contribution is -2.48. The molecule has 0 aromatic rings. The molecule has 0 aromatic carbocycles. The molecule has 2 aliphatic rings. The van der Waals surface area contributed by atoms with Gasteiger partial charge in [-0.05, 0) is 37.6 Å². The van der Waals surface area contributed by atoms with Crippen molar-refractivity contribution in [1.82, 2.24) is 4.90 Å². The summed E-state index contributed by atoms with van der Waals surface area (Å²) in [4.78, 5) is 14.3. The van der Waals surface area contributed by atoms with Gasteiger partial charge in [0.2, 0.25) is 5.91 Å². The van der Waals surface area contributed by atoms with Gasteiger partial charge in [-0.15, -0.1) is 0 Å². The molecule has 1 aliphatic heterocycles. The monoisotopic (exact) mass is 253 g/mol. The van der Waals surface area contributed by atoms with E-state index in [9.17, 15) is 4.79 Å². The predicted molar refractivity (Wildman–Crippen MR) is 73.0 cm³/mol. The molecule has 1 atom stereocenters. The first-order chi connectivity index (χ1) is 8.65. The molecule has 0 aromatic heterocycles. The third-order valence-corrected chi connectivity index (χ3v) is 4.68. The van der Waals surface area contributed by atoms with Crippen molar-refractivity contribution in [1.29, 1.82) is 0 Å². The Morgan fingerprint density at radius 3 is 2.56 bits per heavy atom. The highest BCUT2D eigenvalue weighted by Crippen LogP contribution is 2.38. The third kappa shape index (κ3) is 3.23. The zero-order valence-electron chi connectivity index (χ0n) is 11.4. The zero-order valence-corrected chi connectivity index (χ0v) is 11.4. The molecule has 2 fully saturated rings. The van der Waals surface area contributed by atoms with E-state index in [2.05, 4.69) is 0 Å². The fraction of sp³-hybridized carbons (Fsp3) is 0.929. The average molecular weight is 253 g/mol. The zero-order chi connectivity index (χ0) is 13.0. The van der Waals surface area contributed by atoms with Gasteiger partial charge in [0.15, 0.2) is 0 Å². The van der Waals surface area contributed by atoms with Crippen LogP contribution in [0.1, 0.15) is 51.4 Å². The topological polar surface area (TPSA) is 72.4 Å². The predicted octanol–water partition coefficient (Wildman–Crippen LogP) is 1.24. The van der Waals surface area contributed by atoms with Gasteiger partial charge in [0, 0.05) is 25.6 Å². The molecular weight excluding hydrogens is 226 g/mol. The standard InChI is InChI=1S/C14H27N3O/c15-11-14(6-2-1-3-7-14)9-13(18)17-8-4-5-12(16)10-17/h12H,1-11,15-16H2. The second-order valence-electron chi connectivity index (χ2n) is 6.18. The Hall–Kier alpha value is -0.610. The normalized spacial score (nSPS) is 28.1. The number of likely N-dealkylation sites (tertiary alicyclic amines) is 1. The molecule has 0 spiro atoms. The molecule has 18 heavy (non-hydrogen) atoms. The number of hydrogen-bond acceptors (Lipinski definition) is 3. The van der Waals surface area contributed by atoms with E-state index in [-0.39, 0.29) is 17.4 Å². The van der Waals surface area contributed by atoms with Gasteiger partial charge in [0.1, 0.15) is 0 Å². The van der Waals surface area contributed by atoms with E-state index in [1.807, 2.05) is 4.90 Å². The summed E-state index contributed by atoms with van der Waals surface area (Å²) < 4.78 is 0. The summed E-state index contributed by atoms with van der Waals surface area (Å²) >= 11 is 0. The Morgan fingerprint density at radius 2 is 1.94 bits per heavy atom. The molecule has 4 nitrogen and oxygen atoms in total. The van der Waals surface area contributed by atoms with Crippen LogP contribution in [0.5, 0.6) is 0 Å². The first-order valence-corrected chi connectivity index (χ1v) is 7.39. The van der Waals surface area contributed by atoms with Gasteiger partial charge in [-0.25, -0.2) is 0 Å². The Morgan fingerprint density at radius 1 is 1.22 bits per heavy atom. The Kier molecular flexibility index (Phi) is 4.62. The summed E-state index contributed by atoms with van der Waals surface area (Å²) in [5.41, 5.74) is 12.0. The van der Waals surface area contributed by atoms with Gasteiger partial charge in [-0.2, -0.15) is 0 Å². The molecule has 4 N–H and O–H groups in total. The summed E-state index contributed by atoms with van der Waals surface area (Å²) in [5.74, 6) is 0.275. The maximum Gasteiger partial charge on any atom is 0.223 e. The van der Waals surface area contributed by atoms with Crippen LogP contribution in [0.15, 0.2) is 0 Å². The van der Waals surface area contributed by atoms with E-state index in [0.717, 1.165) is 38.8 Å². The molecule has 4 heteroatoms. The number of piperidine rings is 1. The van der Waals surface area contributed by atoms with Crippen LogP contribution in [0.25, 0.3) is 0 Å². The summed E-state index contributed by atoms with van der Waals surface area (Å²) in [5, 5.41) is 0. The molecular formula is C14H27N3O. The number of hydrogen-bond donors (Lipinski definition) is 2. The molecule has 1 aliphatic carbocycles. The average Bonchev–Trinajstić information content (AvgIpc) is 2.40. The van der Waals surface area contributed by atoms with Crippen molar-refractivity contribution in [2.24, 2.45) is 16.9 Å². The lowest BCUT2D eigenvalue weighted by Gasteiger charge is -2.38. The second-order valence-corrected chi connectivity index (χ2v) is 6.18. The maximum atomic E-state index is 12.4. The van der Waals surface area contributed by atoms with Crippen molar-refractivity contribution in [2.45, 2.75) is 57.4 Å². The van der Waals surface area contributed by atoms with Gasteiger partial charge < -0.3 is 16.4 Å². The van der Waals surface area contributed by atoms with E-state index < -0.39 is 0 Å². The van der Waals surface area contributed by atoms with E-state index in [4.69, 9.17) is 11.5 Å². The van der Waals surface area contributed by atoms with Crippen molar-refractivity contribution in [3.8, 4) is 0 Å². The van der Waals surface area contributed by atoms with Crippen molar-refractivity contribution >= 4 is 5.91 Å². The fourth-order valence-electron chi connectivity index (χ4n) is 3.42. The first-order valence-electron chi connectivity index (χ1n) is 7.39. The highest BCUT2D eigenvalue weighted by molar-refractivity contribution is 5.77. The molecule has 1 amide bonds. The SMILES string of the molecule is NCC1(CC(=O)N2CCCC(N)C2)CCCCC1. The molecule has 104 valence electrons. The van der Waals surface area contributed by atoms with Crippen LogP contribution in [-0.2, 0) is 4.79 Å². The third-order valence-electron chi connectivity index (χ3n) is 4.68. The molecule has 0 radical (unpaired) electrons. The Bertz CT molecular complexity index is 287. The number of carbonyl (C=O) groups is 1. The molecule has 1 saturated heterocycles. The summed E-state index contributed by atoms with van der Waals surface area (Å²) in [6, 6.07) is 0.169. The number of amides is 1. The van der Waals surface area contributed by atoms with Crippen LogP contribution in [0.3, 0.4) is 0 Å². The minimum absolute atomic E-state index is 0.0802. The summed E-state index contributed by atoms with van der Waals surface area (Å²) in [7, 11) is 0. The number of nitrogens with zero attached hydrogens (tertiary/aromatic N) is 1. The summed E-state index contributed by atoms with van der Waals surface area (Å²) in [6.45, 7) is 2.27. The number of carbonyl (C=O) groups excluding carboxylic acids is 1. The van der Waals surface area contributed by atoms with E-state index in [1.54, 1.807) is 0 Å². The van der Waals surface area contributed by atoms with Crippen LogP contribution in [-0.4, -0.2) is 36.5 Å². The van der Waals surface area contributed by atoms with Crippen LogP contribution < -0.4 is 11.5 Å². The van der Waals surface area contributed by atoms with E-state index in [1.165, 1.54) is 19.3 Å². The van der Waals surface area contributed by atoms with Gasteiger partial charge in [-0.1, -0.05) is 19.3 Å². The number of rotatable bonds is 3. The largest absolute Gasteiger partial charge is 0.341 e. The molecule has 1 saturated carbocycles. The minimum Gasteiger partial charge on any atom is -0.341 e. The minimum atomic E-state index is 0.0802. The van der Waals surface area contributed by atoms with Crippen molar-refractivity contribution < 1.29 is 4.79 Å². The molecule has 1 heterocycles. The lowest BCUT2D eigenvalue weighted by atomic mass is 9.71. The Balaban J connectivity index is 1.92. The van der Waals surface area contributed by atoms with Crippen LogP contribution >= 0.6 is 0 Å². The van der Waals surface area contributed by atoms with Crippen LogP contribution in [0, 0.1) is 5.41 Å². The summed E-state index contributed by atoms with van der Waals surface area (Å²) in [6.07, 6.45) is 8.72. The van der Waals surface area contributed by atoms with Crippen molar-refractivity contribution in [3.05, 3.63) is 0 Å². The maximum absolute atomic E-state index is 12.4. The quantitative estimate of drug-likeness (QED) is 0.794. The second kappa shape index (κ2) is 6.02. The highest BCUT2D eigenvalue weighted by atomic mass is 16.2. The van der Waals surface area contributed by atoms with Gasteiger partial charge in [0.05, 0.1) is 0 Å². The van der Waals surface area contributed by atoms with Gasteiger partial charge >= 0.3 is 0 Å². The molecule has 1 unspecified atom stereocenters.